The van der Waals surface area contributed by atoms with Gasteiger partial charge in [0.15, 0.2) is 0 Å². The van der Waals surface area contributed by atoms with Crippen LogP contribution in [-0.2, 0) is 23.2 Å². The molecule has 1 fully saturated rings. The molecule has 0 bridgehead atoms. The quantitative estimate of drug-likeness (QED) is 0.120. The van der Waals surface area contributed by atoms with Crippen LogP contribution in [0.3, 0.4) is 0 Å². The van der Waals surface area contributed by atoms with E-state index in [1.807, 2.05) is 13.0 Å². The van der Waals surface area contributed by atoms with Crippen LogP contribution in [0.4, 0.5) is 17.2 Å². The number of amides is 3. The number of nitrogens with zero attached hydrogens (tertiary/aromatic N) is 2. The summed E-state index contributed by atoms with van der Waals surface area (Å²) in [5, 5.41) is 35.8. The molecule has 13 heteroatoms. The molecule has 0 aliphatic heterocycles. The third kappa shape index (κ3) is 10.00. The summed E-state index contributed by atoms with van der Waals surface area (Å²) < 4.78 is 1.28. The van der Waals surface area contributed by atoms with Crippen molar-refractivity contribution in [3.05, 3.63) is 81.9 Å². The van der Waals surface area contributed by atoms with Crippen LogP contribution in [0.2, 0.25) is 0 Å². The van der Waals surface area contributed by atoms with Gasteiger partial charge in [-0.1, -0.05) is 24.1 Å². The van der Waals surface area contributed by atoms with E-state index in [2.05, 4.69) is 26.9 Å². The van der Waals surface area contributed by atoms with Crippen LogP contribution in [-0.4, -0.2) is 60.9 Å². The molecule has 2 aromatic carbocycles. The minimum atomic E-state index is -1.14. The van der Waals surface area contributed by atoms with Crippen molar-refractivity contribution >= 4 is 34.9 Å². The fraction of sp³-hybridized carbons (Fsp3) is 0.364. The van der Waals surface area contributed by atoms with Crippen molar-refractivity contribution in [2.75, 3.05) is 23.0 Å². The van der Waals surface area contributed by atoms with Crippen LogP contribution in [0.15, 0.2) is 59.5 Å². The van der Waals surface area contributed by atoms with E-state index in [0.717, 1.165) is 11.1 Å². The van der Waals surface area contributed by atoms with Crippen molar-refractivity contribution in [1.82, 2.24) is 14.9 Å². The molecular formula is C33H40N6O7. The van der Waals surface area contributed by atoms with E-state index >= 15 is 0 Å². The number of rotatable bonds is 11. The number of benzene rings is 2. The normalized spacial score (nSPS) is 16.8. The summed E-state index contributed by atoms with van der Waals surface area (Å²) in [5.41, 5.74) is 7.60. The zero-order valence-electron chi connectivity index (χ0n) is 26.0. The number of aromatic nitrogens is 2. The Morgan fingerprint density at radius 2 is 1.78 bits per heavy atom. The first kappa shape index (κ1) is 35.4. The predicted molar refractivity (Wildman–Crippen MR) is 173 cm³/mol. The maximum Gasteiger partial charge on any atom is 0.349 e. The number of aliphatic hydroxyl groups excluding tert-OH is 2. The van der Waals surface area contributed by atoms with E-state index in [0.29, 0.717) is 23.4 Å². The molecule has 46 heavy (non-hydrogen) atoms. The number of aryl methyl sites for hydroxylation is 2. The molecular weight excluding hydrogens is 592 g/mol. The fourth-order valence-corrected chi connectivity index (χ4v) is 4.50. The zero-order valence-corrected chi connectivity index (χ0v) is 26.0. The van der Waals surface area contributed by atoms with Crippen molar-refractivity contribution in [2.45, 2.75) is 51.4 Å². The predicted octanol–water partition coefficient (Wildman–Crippen LogP) is 1.32. The van der Waals surface area contributed by atoms with Gasteiger partial charge >= 0.3 is 5.69 Å². The van der Waals surface area contributed by atoms with Crippen LogP contribution >= 0.6 is 0 Å². The van der Waals surface area contributed by atoms with E-state index in [-0.39, 0.29) is 49.5 Å². The van der Waals surface area contributed by atoms with E-state index in [9.17, 15) is 24.3 Å². The van der Waals surface area contributed by atoms with Crippen LogP contribution in [0.25, 0.3) is 0 Å². The van der Waals surface area contributed by atoms with Crippen LogP contribution in [0.5, 0.6) is 0 Å². The second-order valence-electron chi connectivity index (χ2n) is 11.3. The van der Waals surface area contributed by atoms with E-state index in [1.54, 1.807) is 50.4 Å². The number of carbonyl (C=O) groups excluding carboxylic acids is 3. The topological polar surface area (TPSA) is 209 Å². The summed E-state index contributed by atoms with van der Waals surface area (Å²) in [6.45, 7) is 3.49. The van der Waals surface area contributed by atoms with Crippen LogP contribution in [0, 0.1) is 31.1 Å². The number of aliphatic hydroxyl groups is 3. The first-order chi connectivity index (χ1) is 21.7. The monoisotopic (exact) mass is 632 g/mol. The van der Waals surface area contributed by atoms with Crippen molar-refractivity contribution in [3.63, 3.8) is 0 Å². The van der Waals surface area contributed by atoms with Gasteiger partial charge in [0.05, 0.1) is 35.6 Å². The van der Waals surface area contributed by atoms with Crippen LogP contribution < -0.4 is 27.4 Å². The second-order valence-corrected chi connectivity index (χ2v) is 11.3. The Labute approximate surface area is 266 Å². The molecule has 1 aromatic heterocycles. The molecule has 4 atom stereocenters. The van der Waals surface area contributed by atoms with Crippen molar-refractivity contribution in [3.8, 4) is 12.3 Å². The summed E-state index contributed by atoms with van der Waals surface area (Å²) in [5.74, 6) is 0.698. The van der Waals surface area contributed by atoms with Gasteiger partial charge in [-0.15, -0.1) is 6.42 Å². The van der Waals surface area contributed by atoms with E-state index < -0.39 is 29.2 Å². The maximum atomic E-state index is 12.4. The highest BCUT2D eigenvalue weighted by molar-refractivity contribution is 6.05. The zero-order chi connectivity index (χ0) is 34.0. The smallest absolute Gasteiger partial charge is 0.349 e. The summed E-state index contributed by atoms with van der Waals surface area (Å²) in [7, 11) is 1.55. The SMILES string of the molecule is C#C[C@@H](CO)C(C)(O)C1CC1O.Cc1ccc(NC(=O)c2ccc(CNC(=O)CCC(=O)Nc3ccn(C)c(=O)n3)cc2)c(N)c1. The summed E-state index contributed by atoms with van der Waals surface area (Å²) in [4.78, 5) is 51.7. The Kier molecular flexibility index (Phi) is 12.2. The Bertz CT molecular complexity index is 1650. The van der Waals surface area contributed by atoms with Gasteiger partial charge in [0.2, 0.25) is 11.8 Å². The molecule has 0 spiro atoms. The van der Waals surface area contributed by atoms with Crippen molar-refractivity contribution in [2.24, 2.45) is 18.9 Å². The van der Waals surface area contributed by atoms with Gasteiger partial charge in [0.1, 0.15) is 5.82 Å². The highest BCUT2D eigenvalue weighted by atomic mass is 16.3. The van der Waals surface area contributed by atoms with Crippen molar-refractivity contribution in [1.29, 1.82) is 0 Å². The Morgan fingerprint density at radius 3 is 2.35 bits per heavy atom. The number of nitrogen functional groups attached to an aromatic ring is 1. The summed E-state index contributed by atoms with van der Waals surface area (Å²) in [6, 6.07) is 13.7. The average molecular weight is 633 g/mol. The Morgan fingerprint density at radius 1 is 1.13 bits per heavy atom. The molecule has 8 N–H and O–H groups in total. The molecule has 3 unspecified atom stereocenters. The lowest BCUT2D eigenvalue weighted by Gasteiger charge is -2.28. The molecule has 1 aliphatic rings. The molecule has 1 heterocycles. The van der Waals surface area contributed by atoms with E-state index in [4.69, 9.17) is 22.4 Å². The first-order valence-electron chi connectivity index (χ1n) is 14.6. The average Bonchev–Trinajstić information content (AvgIpc) is 3.77. The number of nitrogens with one attached hydrogen (secondary N) is 3. The maximum absolute atomic E-state index is 12.4. The molecule has 13 nitrogen and oxygen atoms in total. The molecule has 244 valence electrons. The highest BCUT2D eigenvalue weighted by Gasteiger charge is 2.51. The molecule has 1 saturated carbocycles. The summed E-state index contributed by atoms with van der Waals surface area (Å²) >= 11 is 0. The second kappa shape index (κ2) is 15.8. The third-order valence-electron chi connectivity index (χ3n) is 7.58. The number of anilines is 3. The van der Waals surface area contributed by atoms with Gasteiger partial charge < -0.3 is 41.6 Å². The van der Waals surface area contributed by atoms with E-state index in [1.165, 1.54) is 16.8 Å². The number of carbonyl (C=O) groups is 3. The van der Waals surface area contributed by atoms with Crippen molar-refractivity contribution < 1.29 is 29.7 Å². The fourth-order valence-electron chi connectivity index (χ4n) is 4.50. The third-order valence-corrected chi connectivity index (χ3v) is 7.58. The van der Waals surface area contributed by atoms with Gasteiger partial charge in [0, 0.05) is 44.1 Å². The molecule has 0 radical (unpaired) electrons. The van der Waals surface area contributed by atoms with Crippen LogP contribution in [0.1, 0.15) is 47.7 Å². The molecule has 3 amide bonds. The van der Waals surface area contributed by atoms with Gasteiger partial charge in [-0.2, -0.15) is 4.98 Å². The number of nitrogens with two attached hydrogens (primary N) is 1. The molecule has 0 saturated heterocycles. The summed E-state index contributed by atoms with van der Waals surface area (Å²) in [6.07, 6.45) is 6.67. The molecule has 1 aliphatic carbocycles. The van der Waals surface area contributed by atoms with Gasteiger partial charge in [0.25, 0.3) is 5.91 Å². The standard InChI is InChI=1S/C24H26N6O4.C9H14O3/c1-15-3-8-19(18(25)13-15)27-23(33)17-6-4-16(5-7-17)14-26-21(31)9-10-22(32)28-20-11-12-30(2)24(34)29-20;1-3-6(5-10)9(2,12)7-4-8(7)11/h3-8,11-13H,9-10,14,25H2,1-2H3,(H,26,31)(H,27,33)(H,28,29,32,34);1,6-8,10-12H,4-5H2,2H3/t;6-,7?,8?,9?/m.0/s1. The lowest BCUT2D eigenvalue weighted by molar-refractivity contribution is -0.124. The lowest BCUT2D eigenvalue weighted by atomic mass is 9.86. The minimum Gasteiger partial charge on any atom is -0.397 e. The largest absolute Gasteiger partial charge is 0.397 e. The Hall–Kier alpha value is -5.03. The van der Waals surface area contributed by atoms with Gasteiger partial charge in [-0.25, -0.2) is 4.79 Å². The number of hydrogen-bond donors (Lipinski definition) is 7. The Balaban J connectivity index is 0.000000402. The minimum absolute atomic E-state index is 0.0187. The highest BCUT2D eigenvalue weighted by Crippen LogP contribution is 2.43. The first-order valence-corrected chi connectivity index (χ1v) is 14.6. The van der Waals surface area contributed by atoms with Gasteiger partial charge in [-0.05, 0) is 61.7 Å². The lowest BCUT2D eigenvalue weighted by Crippen LogP contribution is -2.39. The molecule has 3 aromatic rings. The number of terminal acetylenes is 1. The molecule has 4 rings (SSSR count). The number of hydrogen-bond acceptors (Lipinski definition) is 9. The van der Waals surface area contributed by atoms with Gasteiger partial charge in [-0.3, -0.25) is 14.4 Å².